The highest BCUT2D eigenvalue weighted by atomic mass is 31.1. The van der Waals surface area contributed by atoms with E-state index in [4.69, 9.17) is 4.52 Å². The minimum atomic E-state index is -0.239. The quantitative estimate of drug-likeness (QED) is 0.676. The third-order valence-corrected chi connectivity index (χ3v) is 4.35. The molecule has 1 saturated heterocycles. The molecule has 0 amide bonds. The van der Waals surface area contributed by atoms with Gasteiger partial charge in [-0.3, -0.25) is 4.90 Å². The fourth-order valence-corrected chi connectivity index (χ4v) is 3.40. The lowest BCUT2D eigenvalue weighted by atomic mass is 9.79. The van der Waals surface area contributed by atoms with Crippen molar-refractivity contribution in [2.75, 3.05) is 20.4 Å². The molecule has 0 atom stereocenters. The van der Waals surface area contributed by atoms with Gasteiger partial charge in [-0.25, -0.2) is 0 Å². The van der Waals surface area contributed by atoms with Crippen LogP contribution in [0.25, 0.3) is 0 Å². The van der Waals surface area contributed by atoms with Crippen molar-refractivity contribution in [1.29, 1.82) is 0 Å². The molecule has 2 nitrogen and oxygen atoms in total. The molecule has 0 aliphatic carbocycles. The van der Waals surface area contributed by atoms with Crippen molar-refractivity contribution in [2.24, 2.45) is 0 Å². The molecule has 3 heteroatoms. The zero-order chi connectivity index (χ0) is 11.9. The summed E-state index contributed by atoms with van der Waals surface area (Å²) in [6.45, 7) is 13.6. The van der Waals surface area contributed by atoms with Gasteiger partial charge >= 0.3 is 0 Å². The van der Waals surface area contributed by atoms with Crippen molar-refractivity contribution in [3.8, 4) is 0 Å². The lowest BCUT2D eigenvalue weighted by molar-refractivity contribution is -0.0526. The maximum atomic E-state index is 6.05. The van der Waals surface area contributed by atoms with Gasteiger partial charge < -0.3 is 4.52 Å². The highest BCUT2D eigenvalue weighted by Gasteiger charge is 2.43. The molecular weight excluding hydrogens is 205 g/mol. The minimum absolute atomic E-state index is 0.239. The second-order valence-corrected chi connectivity index (χ2v) is 7.97. The van der Waals surface area contributed by atoms with Crippen molar-refractivity contribution < 1.29 is 4.52 Å². The Morgan fingerprint density at radius 3 is 1.80 bits per heavy atom. The second kappa shape index (κ2) is 4.31. The average Bonchev–Trinajstić information content (AvgIpc) is 1.97. The van der Waals surface area contributed by atoms with Crippen molar-refractivity contribution in [3.63, 3.8) is 0 Å². The van der Waals surface area contributed by atoms with Gasteiger partial charge in [0, 0.05) is 19.2 Å². The van der Waals surface area contributed by atoms with Crippen LogP contribution in [0.2, 0.25) is 0 Å². The fraction of sp³-hybridized carbons (Fsp3) is 1.00. The smallest absolute Gasteiger partial charge is 0.0652 e. The zero-order valence-corrected chi connectivity index (χ0v) is 12.2. The first-order valence-electron chi connectivity index (χ1n) is 5.73. The molecule has 0 spiro atoms. The van der Waals surface area contributed by atoms with E-state index in [2.05, 4.69) is 53.0 Å². The Balaban J connectivity index is 2.75. The van der Waals surface area contributed by atoms with Crippen molar-refractivity contribution in [1.82, 2.24) is 4.90 Å². The molecule has 0 N–H and O–H groups in total. The van der Waals surface area contributed by atoms with Crippen LogP contribution in [-0.4, -0.2) is 42.5 Å². The molecule has 1 heterocycles. The van der Waals surface area contributed by atoms with E-state index in [9.17, 15) is 0 Å². The average molecular weight is 231 g/mol. The molecule has 0 aromatic heterocycles. The van der Waals surface area contributed by atoms with E-state index in [0.29, 0.717) is 6.10 Å². The molecule has 0 aromatic rings. The van der Waals surface area contributed by atoms with Crippen LogP contribution < -0.4 is 0 Å². The molecule has 0 unspecified atom stereocenters. The highest BCUT2D eigenvalue weighted by molar-refractivity contribution is 7.50. The number of nitrogens with zero attached hydrogens (tertiary/aromatic N) is 1. The number of rotatable bonds is 2. The summed E-state index contributed by atoms with van der Waals surface area (Å²) in [7, 11) is 1.99. The molecule has 15 heavy (non-hydrogen) atoms. The van der Waals surface area contributed by atoms with Gasteiger partial charge in [0.1, 0.15) is 0 Å². The Hall–Kier alpha value is 0.350. The van der Waals surface area contributed by atoms with Gasteiger partial charge in [0.25, 0.3) is 0 Å². The zero-order valence-electron chi connectivity index (χ0n) is 11.3. The predicted octanol–water partition coefficient (Wildman–Crippen LogP) is 3.31. The van der Waals surface area contributed by atoms with Crippen LogP contribution >= 0.6 is 8.15 Å². The van der Waals surface area contributed by atoms with Crippen molar-refractivity contribution in [2.45, 2.75) is 57.7 Å². The maximum absolute atomic E-state index is 6.05. The van der Waals surface area contributed by atoms with Gasteiger partial charge in [-0.1, -0.05) is 0 Å². The monoisotopic (exact) mass is 231 g/mol. The normalized spacial score (nSPS) is 27.2. The maximum Gasteiger partial charge on any atom is 0.0652 e. The largest absolute Gasteiger partial charge is 0.356 e. The summed E-state index contributed by atoms with van der Waals surface area (Å²) in [5, 5.41) is 0. The number of piperidine rings is 1. The van der Waals surface area contributed by atoms with Crippen LogP contribution in [0, 0.1) is 0 Å². The summed E-state index contributed by atoms with van der Waals surface area (Å²) in [6.07, 6.45) is 2.73. The van der Waals surface area contributed by atoms with E-state index >= 15 is 0 Å². The van der Waals surface area contributed by atoms with Crippen LogP contribution in [0.4, 0.5) is 0 Å². The standard InChI is InChI=1S/C12H26NOP/c1-11(2)8-10(14-15(6)7)9-12(3,4)13(11)5/h10H,8-9H2,1-7H3. The first kappa shape index (κ1) is 13.4. The van der Waals surface area contributed by atoms with E-state index < -0.39 is 0 Å². The van der Waals surface area contributed by atoms with E-state index in [-0.39, 0.29) is 19.2 Å². The number of hydrogen-bond donors (Lipinski definition) is 0. The first-order chi connectivity index (χ1) is 6.65. The van der Waals surface area contributed by atoms with Gasteiger partial charge in [0.05, 0.1) is 6.10 Å². The Bertz CT molecular complexity index is 208. The Kier molecular flexibility index (Phi) is 3.86. The molecule has 0 bridgehead atoms. The Morgan fingerprint density at radius 2 is 1.47 bits per heavy atom. The molecule has 0 radical (unpaired) electrons. The number of hydrogen-bond acceptors (Lipinski definition) is 2. The molecule has 90 valence electrons. The number of likely N-dealkylation sites (tertiary alicyclic amines) is 1. The molecular formula is C12H26NOP. The molecule has 0 aromatic carbocycles. The highest BCUT2D eigenvalue weighted by Crippen LogP contribution is 2.42. The van der Waals surface area contributed by atoms with E-state index in [0.717, 1.165) is 12.8 Å². The summed E-state index contributed by atoms with van der Waals surface area (Å²) in [6, 6.07) is 0. The minimum Gasteiger partial charge on any atom is -0.356 e. The van der Waals surface area contributed by atoms with E-state index in [1.54, 1.807) is 0 Å². The summed E-state index contributed by atoms with van der Waals surface area (Å²) in [5.74, 6) is 0. The van der Waals surface area contributed by atoms with Gasteiger partial charge in [-0.15, -0.1) is 0 Å². The van der Waals surface area contributed by atoms with Gasteiger partial charge in [-0.2, -0.15) is 0 Å². The summed E-state index contributed by atoms with van der Waals surface area (Å²) < 4.78 is 6.05. The van der Waals surface area contributed by atoms with E-state index in [1.165, 1.54) is 0 Å². The molecule has 1 rings (SSSR count). The van der Waals surface area contributed by atoms with Crippen LogP contribution in [0.1, 0.15) is 40.5 Å². The molecule has 0 saturated carbocycles. The SMILES string of the molecule is CN1C(C)(C)CC(OP(C)C)CC1(C)C. The Labute approximate surface area is 96.2 Å². The Morgan fingerprint density at radius 1 is 1.07 bits per heavy atom. The first-order valence-corrected chi connectivity index (χ1v) is 7.88. The fourth-order valence-electron chi connectivity index (χ4n) is 2.65. The van der Waals surface area contributed by atoms with Crippen LogP contribution in [0.3, 0.4) is 0 Å². The lowest BCUT2D eigenvalue weighted by Gasteiger charge is -2.53. The van der Waals surface area contributed by atoms with Gasteiger partial charge in [0.15, 0.2) is 0 Å². The third kappa shape index (κ3) is 3.15. The lowest BCUT2D eigenvalue weighted by Crippen LogP contribution is -2.60. The van der Waals surface area contributed by atoms with Crippen LogP contribution in [-0.2, 0) is 4.52 Å². The van der Waals surface area contributed by atoms with Crippen molar-refractivity contribution >= 4 is 8.15 Å². The summed E-state index contributed by atoms with van der Waals surface area (Å²) >= 11 is 0. The van der Waals surface area contributed by atoms with Gasteiger partial charge in [0.2, 0.25) is 0 Å². The molecule has 1 aliphatic rings. The van der Waals surface area contributed by atoms with Gasteiger partial charge in [-0.05, 0) is 60.9 Å². The molecule has 1 fully saturated rings. The summed E-state index contributed by atoms with van der Waals surface area (Å²) in [5.41, 5.74) is 0.496. The second-order valence-electron chi connectivity index (χ2n) is 6.13. The van der Waals surface area contributed by atoms with Crippen LogP contribution in [0.5, 0.6) is 0 Å². The van der Waals surface area contributed by atoms with Crippen LogP contribution in [0.15, 0.2) is 0 Å². The summed E-state index contributed by atoms with van der Waals surface area (Å²) in [4.78, 5) is 2.49. The predicted molar refractivity (Wildman–Crippen MR) is 68.8 cm³/mol. The molecule has 1 aliphatic heterocycles. The van der Waals surface area contributed by atoms with E-state index in [1.807, 2.05) is 0 Å². The topological polar surface area (TPSA) is 12.5 Å². The van der Waals surface area contributed by atoms with Crippen molar-refractivity contribution in [3.05, 3.63) is 0 Å². The third-order valence-electron chi connectivity index (χ3n) is 3.63.